The molecule has 0 bridgehead atoms. The normalized spacial score (nSPS) is 15.9. The van der Waals surface area contributed by atoms with E-state index in [1.165, 1.54) is 32.1 Å². The van der Waals surface area contributed by atoms with E-state index in [1.54, 1.807) is 0 Å². The van der Waals surface area contributed by atoms with Crippen LogP contribution in [0.15, 0.2) is 24.3 Å². The molecule has 20 heavy (non-hydrogen) atoms. The summed E-state index contributed by atoms with van der Waals surface area (Å²) < 4.78 is 0. The monoisotopic (exact) mass is 292 g/mol. The zero-order valence-corrected chi connectivity index (χ0v) is 13.2. The van der Waals surface area contributed by atoms with Crippen LogP contribution in [0.2, 0.25) is 0 Å². The van der Waals surface area contributed by atoms with E-state index >= 15 is 0 Å². The second-order valence-electron chi connectivity index (χ2n) is 5.56. The van der Waals surface area contributed by atoms with Gasteiger partial charge in [-0.3, -0.25) is 4.79 Å². The Hall–Kier alpha value is -1.16. The Morgan fingerprint density at radius 2 is 1.85 bits per heavy atom. The minimum absolute atomic E-state index is 0.109. The summed E-state index contributed by atoms with van der Waals surface area (Å²) in [4.78, 5) is 14.0. The smallest absolute Gasteiger partial charge is 0.234 e. The van der Waals surface area contributed by atoms with Crippen LogP contribution < -0.4 is 10.2 Å². The number of benzene rings is 1. The first-order chi connectivity index (χ1) is 9.65. The molecule has 0 radical (unpaired) electrons. The van der Waals surface area contributed by atoms with Gasteiger partial charge < -0.3 is 10.2 Å². The molecule has 0 unspecified atom stereocenters. The van der Waals surface area contributed by atoms with Gasteiger partial charge in [0, 0.05) is 30.7 Å². The number of rotatable bonds is 5. The highest BCUT2D eigenvalue weighted by Gasteiger charge is 2.15. The quantitative estimate of drug-likeness (QED) is 0.897. The van der Waals surface area contributed by atoms with Gasteiger partial charge in [0.2, 0.25) is 5.91 Å². The Labute approximate surface area is 126 Å². The number of nitrogens with one attached hydrogen (secondary N) is 1. The standard InChI is InChI=1S/C16H24N2OS/c1-18(2)14-10-8-13(9-11-14)17-16(19)12-20-15-6-4-3-5-7-15/h8-11,15H,3-7,12H2,1-2H3,(H,17,19). The van der Waals surface area contributed by atoms with Crippen LogP contribution in [0, 0.1) is 0 Å². The van der Waals surface area contributed by atoms with Crippen molar-refractivity contribution >= 4 is 29.0 Å². The number of carbonyl (C=O) groups excluding carboxylic acids is 1. The summed E-state index contributed by atoms with van der Waals surface area (Å²) in [5.74, 6) is 0.679. The van der Waals surface area contributed by atoms with Gasteiger partial charge in [-0.1, -0.05) is 19.3 Å². The lowest BCUT2D eigenvalue weighted by Gasteiger charge is -2.20. The lowest BCUT2D eigenvalue weighted by Crippen LogP contribution is -2.18. The predicted molar refractivity (Wildman–Crippen MR) is 88.7 cm³/mol. The number of nitrogens with zero attached hydrogens (tertiary/aromatic N) is 1. The minimum Gasteiger partial charge on any atom is -0.378 e. The molecule has 0 aromatic heterocycles. The van der Waals surface area contributed by atoms with Crippen LogP contribution in [0.1, 0.15) is 32.1 Å². The van der Waals surface area contributed by atoms with E-state index in [9.17, 15) is 4.79 Å². The molecule has 0 aliphatic heterocycles. The zero-order chi connectivity index (χ0) is 14.4. The Morgan fingerprint density at radius 3 is 2.45 bits per heavy atom. The summed E-state index contributed by atoms with van der Waals surface area (Å²) in [5, 5.41) is 3.66. The molecule has 1 amide bonds. The van der Waals surface area contributed by atoms with Crippen molar-refractivity contribution in [1.82, 2.24) is 0 Å². The molecule has 110 valence electrons. The fraction of sp³-hybridized carbons (Fsp3) is 0.562. The number of amides is 1. The third kappa shape index (κ3) is 4.75. The molecular weight excluding hydrogens is 268 g/mol. The second-order valence-corrected chi connectivity index (χ2v) is 6.85. The van der Waals surface area contributed by atoms with Crippen molar-refractivity contribution in [1.29, 1.82) is 0 Å². The van der Waals surface area contributed by atoms with E-state index in [0.717, 1.165) is 11.4 Å². The summed E-state index contributed by atoms with van der Waals surface area (Å²) in [6, 6.07) is 7.95. The molecule has 0 spiro atoms. The SMILES string of the molecule is CN(C)c1ccc(NC(=O)CSC2CCCCC2)cc1. The third-order valence-electron chi connectivity index (χ3n) is 3.67. The second kappa shape index (κ2) is 7.58. The van der Waals surface area contributed by atoms with Gasteiger partial charge in [0.25, 0.3) is 0 Å². The maximum absolute atomic E-state index is 11.9. The molecule has 0 saturated heterocycles. The molecule has 1 saturated carbocycles. The summed E-state index contributed by atoms with van der Waals surface area (Å²) in [7, 11) is 4.02. The van der Waals surface area contributed by atoms with Gasteiger partial charge in [-0.05, 0) is 37.1 Å². The van der Waals surface area contributed by atoms with E-state index < -0.39 is 0 Å². The van der Waals surface area contributed by atoms with Crippen molar-refractivity contribution in [3.63, 3.8) is 0 Å². The molecule has 4 heteroatoms. The van der Waals surface area contributed by atoms with Crippen molar-refractivity contribution in [3.05, 3.63) is 24.3 Å². The summed E-state index contributed by atoms with van der Waals surface area (Å²) in [6.07, 6.45) is 6.56. The lowest BCUT2D eigenvalue weighted by atomic mass is 10.0. The number of carbonyl (C=O) groups is 1. The van der Waals surface area contributed by atoms with Gasteiger partial charge in [-0.25, -0.2) is 0 Å². The predicted octanol–water partition coefficient (Wildman–Crippen LogP) is 3.76. The lowest BCUT2D eigenvalue weighted by molar-refractivity contribution is -0.113. The first kappa shape index (κ1) is 15.2. The minimum atomic E-state index is 0.109. The number of hydrogen-bond donors (Lipinski definition) is 1. The maximum atomic E-state index is 11.9. The van der Waals surface area contributed by atoms with Crippen LogP contribution in [0.3, 0.4) is 0 Å². The molecule has 1 aromatic rings. The molecule has 1 aliphatic carbocycles. The molecular formula is C16H24N2OS. The maximum Gasteiger partial charge on any atom is 0.234 e. The molecule has 0 heterocycles. The largest absolute Gasteiger partial charge is 0.378 e. The molecule has 0 atom stereocenters. The van der Waals surface area contributed by atoms with E-state index in [2.05, 4.69) is 5.32 Å². The van der Waals surface area contributed by atoms with Crippen LogP contribution in [-0.4, -0.2) is 31.0 Å². The molecule has 3 nitrogen and oxygen atoms in total. The zero-order valence-electron chi connectivity index (χ0n) is 12.4. The van der Waals surface area contributed by atoms with Crippen LogP contribution >= 0.6 is 11.8 Å². The van der Waals surface area contributed by atoms with Gasteiger partial charge in [0.1, 0.15) is 0 Å². The Balaban J connectivity index is 1.75. The van der Waals surface area contributed by atoms with Crippen LogP contribution in [0.25, 0.3) is 0 Å². The molecule has 1 fully saturated rings. The van der Waals surface area contributed by atoms with Gasteiger partial charge in [-0.2, -0.15) is 0 Å². The molecule has 1 aromatic carbocycles. The van der Waals surface area contributed by atoms with Gasteiger partial charge in [0.05, 0.1) is 5.75 Å². The van der Waals surface area contributed by atoms with E-state index in [0.29, 0.717) is 11.0 Å². The van der Waals surface area contributed by atoms with Crippen molar-refractivity contribution in [3.8, 4) is 0 Å². The third-order valence-corrected chi connectivity index (χ3v) is 5.04. The van der Waals surface area contributed by atoms with Crippen LogP contribution in [0.5, 0.6) is 0 Å². The van der Waals surface area contributed by atoms with Crippen LogP contribution in [0.4, 0.5) is 11.4 Å². The fourth-order valence-electron chi connectivity index (χ4n) is 2.47. The number of hydrogen-bond acceptors (Lipinski definition) is 3. The Morgan fingerprint density at radius 1 is 1.20 bits per heavy atom. The van der Waals surface area contributed by atoms with E-state index in [-0.39, 0.29) is 5.91 Å². The van der Waals surface area contributed by atoms with Crippen molar-refractivity contribution in [2.24, 2.45) is 0 Å². The topological polar surface area (TPSA) is 32.3 Å². The van der Waals surface area contributed by atoms with Gasteiger partial charge >= 0.3 is 0 Å². The number of anilines is 2. The number of thioether (sulfide) groups is 1. The molecule has 2 rings (SSSR count). The average Bonchev–Trinajstić information content (AvgIpc) is 2.47. The van der Waals surface area contributed by atoms with Crippen molar-refractivity contribution in [2.45, 2.75) is 37.4 Å². The molecule has 1 N–H and O–H groups in total. The summed E-state index contributed by atoms with van der Waals surface area (Å²) in [5.41, 5.74) is 2.02. The summed E-state index contributed by atoms with van der Waals surface area (Å²) >= 11 is 1.81. The van der Waals surface area contributed by atoms with Crippen molar-refractivity contribution < 1.29 is 4.79 Å². The highest BCUT2D eigenvalue weighted by molar-refractivity contribution is 8.00. The molecule has 1 aliphatic rings. The first-order valence-corrected chi connectivity index (χ1v) is 8.39. The van der Waals surface area contributed by atoms with E-state index in [1.807, 2.05) is 55.0 Å². The summed E-state index contributed by atoms with van der Waals surface area (Å²) in [6.45, 7) is 0. The first-order valence-electron chi connectivity index (χ1n) is 7.34. The average molecular weight is 292 g/mol. The van der Waals surface area contributed by atoms with Gasteiger partial charge in [0.15, 0.2) is 0 Å². The fourth-order valence-corrected chi connectivity index (χ4v) is 3.59. The Kier molecular flexibility index (Phi) is 5.77. The van der Waals surface area contributed by atoms with Gasteiger partial charge in [-0.15, -0.1) is 11.8 Å². The van der Waals surface area contributed by atoms with Crippen LogP contribution in [-0.2, 0) is 4.79 Å². The van der Waals surface area contributed by atoms with E-state index in [4.69, 9.17) is 0 Å². The highest BCUT2D eigenvalue weighted by atomic mass is 32.2. The highest BCUT2D eigenvalue weighted by Crippen LogP contribution is 2.28. The Bertz CT molecular complexity index is 425. The van der Waals surface area contributed by atoms with Crippen molar-refractivity contribution in [2.75, 3.05) is 30.1 Å².